The van der Waals surface area contributed by atoms with E-state index in [4.69, 9.17) is 0 Å². The molecule has 0 radical (unpaired) electrons. The summed E-state index contributed by atoms with van der Waals surface area (Å²) in [6.07, 6.45) is 16.0. The molecule has 1 rings (SSSR count). The van der Waals surface area contributed by atoms with Gasteiger partial charge in [0.25, 0.3) is 0 Å². The van der Waals surface area contributed by atoms with Gasteiger partial charge in [0.1, 0.15) is 0 Å². The maximum atomic E-state index is 2.40. The Bertz CT molecular complexity index is 195. The molecule has 1 atom stereocenters. The van der Waals surface area contributed by atoms with Crippen LogP contribution in [0.2, 0.25) is 5.72 Å². The van der Waals surface area contributed by atoms with Crippen LogP contribution in [0, 0.1) is 5.92 Å². The first kappa shape index (κ1) is 15.2. The van der Waals surface area contributed by atoms with Gasteiger partial charge in [-0.25, -0.2) is 0 Å². The van der Waals surface area contributed by atoms with Crippen LogP contribution >= 0.6 is 0 Å². The summed E-state index contributed by atoms with van der Waals surface area (Å²) in [4.78, 5) is 0. The molecule has 0 spiro atoms. The number of unbranched alkanes of at least 4 members (excludes halogenated alkanes) is 9. The molecule has 0 N–H and O–H groups in total. The van der Waals surface area contributed by atoms with Gasteiger partial charge >= 0.3 is 96.4 Å². The van der Waals surface area contributed by atoms with Crippen molar-refractivity contribution in [2.24, 2.45) is 5.92 Å². The Morgan fingerprint density at radius 2 is 1.24 bits per heavy atom. The molecule has 0 aromatic carbocycles. The molecule has 17 heavy (non-hydrogen) atoms. The summed E-state index contributed by atoms with van der Waals surface area (Å²) >= 11 is 0. The Morgan fingerprint density at radius 3 is 1.71 bits per heavy atom. The summed E-state index contributed by atoms with van der Waals surface area (Å²) in [6, 6.07) is 0. The zero-order valence-electron chi connectivity index (χ0n) is 12.1. The van der Waals surface area contributed by atoms with Gasteiger partial charge in [-0.15, -0.1) is 0 Å². The van der Waals surface area contributed by atoms with Gasteiger partial charge in [0, 0.05) is 0 Å². The van der Waals surface area contributed by atoms with E-state index in [0.29, 0.717) is 0 Å². The van der Waals surface area contributed by atoms with Gasteiger partial charge in [-0.2, -0.15) is 0 Å². The molecule has 0 saturated heterocycles. The summed E-state index contributed by atoms with van der Waals surface area (Å²) in [5.74, 6) is 0.920. The van der Waals surface area contributed by atoms with Crippen LogP contribution in [0.25, 0.3) is 0 Å². The normalized spacial score (nSPS) is 15.4. The van der Waals surface area contributed by atoms with E-state index < -0.39 is 0 Å². The SMILES string of the molecule is CCCCCCCCCCCC[C@@H](C)C1B=B1. The Balaban J connectivity index is 1.69. The molecule has 96 valence electrons. The second-order valence-corrected chi connectivity index (χ2v) is 5.91. The number of hydrogen-bond acceptors (Lipinski definition) is 0. The molecule has 1 heterocycles. The zero-order chi connectivity index (χ0) is 12.3. The van der Waals surface area contributed by atoms with E-state index >= 15 is 0 Å². The van der Waals surface area contributed by atoms with Crippen LogP contribution in [0.4, 0.5) is 0 Å². The van der Waals surface area contributed by atoms with Crippen molar-refractivity contribution >= 4 is 13.6 Å². The number of rotatable bonds is 12. The monoisotopic (exact) mass is 232 g/mol. The van der Waals surface area contributed by atoms with Crippen molar-refractivity contribution in [3.8, 4) is 0 Å². The third-order valence-corrected chi connectivity index (χ3v) is 4.08. The maximum absolute atomic E-state index is 2.40. The zero-order valence-corrected chi connectivity index (χ0v) is 12.1. The summed E-state index contributed by atoms with van der Waals surface area (Å²) in [5.41, 5.74) is 0.869. The Morgan fingerprint density at radius 1 is 0.765 bits per heavy atom. The quantitative estimate of drug-likeness (QED) is 0.327. The first-order valence-electron chi connectivity index (χ1n) is 8.03. The molecule has 0 saturated carbocycles. The fraction of sp³-hybridized carbons (Fsp3) is 1.00. The van der Waals surface area contributed by atoms with Gasteiger partial charge in [0.2, 0.25) is 0 Å². The fourth-order valence-corrected chi connectivity index (χ4v) is 2.59. The first-order chi connectivity index (χ1) is 8.34. The van der Waals surface area contributed by atoms with Crippen LogP contribution in [0.5, 0.6) is 0 Å². The minimum atomic E-state index is 0.869. The minimum absolute atomic E-state index is 0.869. The Labute approximate surface area is 110 Å². The van der Waals surface area contributed by atoms with Gasteiger partial charge in [0.15, 0.2) is 0 Å². The Kier molecular flexibility index (Phi) is 9.01. The molecule has 1 aliphatic rings. The molecule has 0 amide bonds. The number of hydrogen-bond donors (Lipinski definition) is 0. The Hall–Kier alpha value is 0.130. The van der Waals surface area contributed by atoms with Crippen LogP contribution in [0.15, 0.2) is 0 Å². The van der Waals surface area contributed by atoms with E-state index in [1.54, 1.807) is 0 Å². The van der Waals surface area contributed by atoms with Crippen molar-refractivity contribution in [1.29, 1.82) is 0 Å². The third-order valence-electron chi connectivity index (χ3n) is 4.08. The van der Waals surface area contributed by atoms with Gasteiger partial charge in [-0.05, 0) is 0 Å². The summed E-state index contributed by atoms with van der Waals surface area (Å²) in [5, 5.41) is 0. The van der Waals surface area contributed by atoms with Gasteiger partial charge in [-0.3, -0.25) is 0 Å². The fourth-order valence-electron chi connectivity index (χ4n) is 2.59. The van der Waals surface area contributed by atoms with Crippen molar-refractivity contribution in [1.82, 2.24) is 0 Å². The summed E-state index contributed by atoms with van der Waals surface area (Å²) in [6.45, 7) is 9.39. The molecule has 0 nitrogen and oxygen atoms in total. The first-order valence-corrected chi connectivity index (χ1v) is 8.03. The molecule has 0 fully saturated rings. The van der Waals surface area contributed by atoms with Crippen LogP contribution in [0.3, 0.4) is 0 Å². The molecule has 0 aliphatic carbocycles. The van der Waals surface area contributed by atoms with Crippen molar-refractivity contribution in [3.05, 3.63) is 0 Å². The standard InChI is InChI=1S/C15H30B2/c1-3-4-5-6-7-8-9-10-11-12-13-14(2)15-16-17-15/h14-15H,3-13H2,1-2H3/t14-/m1/s1. The average molecular weight is 232 g/mol. The van der Waals surface area contributed by atoms with Crippen LogP contribution in [0.1, 0.15) is 84.5 Å². The van der Waals surface area contributed by atoms with E-state index in [1.165, 1.54) is 70.6 Å². The second-order valence-electron chi connectivity index (χ2n) is 5.91. The topological polar surface area (TPSA) is 0 Å². The molecule has 0 aromatic heterocycles. The van der Waals surface area contributed by atoms with Gasteiger partial charge in [0.05, 0.1) is 0 Å². The molecular formula is C15H30B2. The third kappa shape index (κ3) is 8.80. The van der Waals surface area contributed by atoms with E-state index in [2.05, 4.69) is 27.5 Å². The molecule has 0 unspecified atom stereocenters. The van der Waals surface area contributed by atoms with Crippen molar-refractivity contribution < 1.29 is 0 Å². The average Bonchev–Trinajstić information content (AvgIpc) is 3.15. The predicted octanol–water partition coefficient (Wildman–Crippen LogP) is 5.02. The van der Waals surface area contributed by atoms with Crippen LogP contribution in [-0.2, 0) is 0 Å². The molecule has 0 aromatic rings. The predicted molar refractivity (Wildman–Crippen MR) is 80.9 cm³/mol. The van der Waals surface area contributed by atoms with Crippen molar-refractivity contribution in [3.63, 3.8) is 0 Å². The van der Waals surface area contributed by atoms with E-state index in [1.807, 2.05) is 0 Å². The molecule has 2 heteroatoms. The van der Waals surface area contributed by atoms with Crippen molar-refractivity contribution in [2.45, 2.75) is 90.2 Å². The van der Waals surface area contributed by atoms with Gasteiger partial charge in [-0.1, -0.05) is 13.3 Å². The van der Waals surface area contributed by atoms with E-state index in [9.17, 15) is 0 Å². The summed E-state index contributed by atoms with van der Waals surface area (Å²) in [7, 11) is 0. The molecule has 1 aliphatic heterocycles. The van der Waals surface area contributed by atoms with Crippen molar-refractivity contribution in [2.75, 3.05) is 0 Å². The van der Waals surface area contributed by atoms with Crippen LogP contribution in [-0.4, -0.2) is 13.6 Å². The van der Waals surface area contributed by atoms with E-state index in [0.717, 1.165) is 11.6 Å². The summed E-state index contributed by atoms with van der Waals surface area (Å²) < 4.78 is 0. The molecule has 0 bridgehead atoms. The van der Waals surface area contributed by atoms with Crippen LogP contribution < -0.4 is 0 Å². The van der Waals surface area contributed by atoms with Gasteiger partial charge < -0.3 is 0 Å². The van der Waals surface area contributed by atoms with E-state index in [-0.39, 0.29) is 0 Å². The second kappa shape index (κ2) is 10.1. The molecular weight excluding hydrogens is 202 g/mol.